The van der Waals surface area contributed by atoms with Crippen LogP contribution in [0.2, 0.25) is 0 Å². The van der Waals surface area contributed by atoms with Gasteiger partial charge in [-0.05, 0) is 19.9 Å². The number of hydrogen-bond donors (Lipinski definition) is 0. The van der Waals surface area contributed by atoms with Crippen LogP contribution in [0, 0.1) is 13.8 Å². The molecule has 0 aromatic carbocycles. The molecule has 0 bridgehead atoms. The van der Waals surface area contributed by atoms with Crippen molar-refractivity contribution in [2.45, 2.75) is 27.7 Å². The molecular weight excluding hydrogens is 334 g/mol. The first-order valence-corrected chi connectivity index (χ1v) is 10.1. The maximum absolute atomic E-state index is 12.6. The van der Waals surface area contributed by atoms with Crippen LogP contribution in [0.25, 0.3) is 0 Å². The van der Waals surface area contributed by atoms with Crippen molar-refractivity contribution in [3.05, 3.63) is 21.4 Å². The molecule has 1 fully saturated rings. The fraction of sp³-hybridized carbons (Fsp3) is 0.667. The summed E-state index contributed by atoms with van der Waals surface area (Å²) >= 11 is 1.62. The van der Waals surface area contributed by atoms with Gasteiger partial charge in [0, 0.05) is 49.0 Å². The number of nitrogens with zero attached hydrogens (tertiary/aromatic N) is 3. The summed E-state index contributed by atoms with van der Waals surface area (Å²) in [6.45, 7) is 10.1. The number of carbonyl (C=O) groups is 1. The third kappa shape index (κ3) is 3.76. The van der Waals surface area contributed by atoms with Crippen molar-refractivity contribution in [3.63, 3.8) is 0 Å². The van der Waals surface area contributed by atoms with Crippen molar-refractivity contribution >= 4 is 27.5 Å². The van der Waals surface area contributed by atoms with Gasteiger partial charge < -0.3 is 4.90 Å². The molecule has 23 heavy (non-hydrogen) atoms. The third-order valence-corrected chi connectivity index (χ3v) is 7.31. The Morgan fingerprint density at radius 2 is 1.74 bits per heavy atom. The van der Waals surface area contributed by atoms with Crippen LogP contribution in [-0.2, 0) is 10.2 Å². The predicted octanol–water partition coefficient (Wildman–Crippen LogP) is 1.71. The van der Waals surface area contributed by atoms with E-state index in [1.807, 2.05) is 33.8 Å². The highest BCUT2D eigenvalue weighted by molar-refractivity contribution is 7.86. The van der Waals surface area contributed by atoms with Crippen molar-refractivity contribution in [3.8, 4) is 0 Å². The number of aryl methyl sites for hydroxylation is 2. The average Bonchev–Trinajstić information content (AvgIpc) is 2.86. The number of rotatable bonds is 5. The van der Waals surface area contributed by atoms with Gasteiger partial charge in [-0.2, -0.15) is 17.0 Å². The number of piperazine rings is 1. The van der Waals surface area contributed by atoms with Gasteiger partial charge >= 0.3 is 0 Å². The van der Waals surface area contributed by atoms with E-state index in [1.165, 1.54) is 8.61 Å². The molecule has 1 amide bonds. The van der Waals surface area contributed by atoms with Crippen LogP contribution in [0.15, 0.2) is 6.07 Å². The summed E-state index contributed by atoms with van der Waals surface area (Å²) in [5, 5.41) is 0. The lowest BCUT2D eigenvalue weighted by atomic mass is 10.2. The van der Waals surface area contributed by atoms with Crippen molar-refractivity contribution in [1.29, 1.82) is 0 Å². The first-order valence-electron chi connectivity index (χ1n) is 7.92. The summed E-state index contributed by atoms with van der Waals surface area (Å²) < 4.78 is 27.9. The minimum Gasteiger partial charge on any atom is -0.336 e. The largest absolute Gasteiger partial charge is 0.336 e. The van der Waals surface area contributed by atoms with Gasteiger partial charge in [0.1, 0.15) is 0 Å². The van der Waals surface area contributed by atoms with E-state index in [-0.39, 0.29) is 5.91 Å². The molecule has 2 heterocycles. The topological polar surface area (TPSA) is 60.9 Å². The van der Waals surface area contributed by atoms with E-state index in [2.05, 4.69) is 0 Å². The van der Waals surface area contributed by atoms with Crippen LogP contribution in [0.1, 0.15) is 34.0 Å². The Morgan fingerprint density at radius 3 is 2.17 bits per heavy atom. The van der Waals surface area contributed by atoms with E-state index in [4.69, 9.17) is 0 Å². The van der Waals surface area contributed by atoms with Gasteiger partial charge in [0.25, 0.3) is 16.1 Å². The van der Waals surface area contributed by atoms with Gasteiger partial charge in [-0.25, -0.2) is 0 Å². The average molecular weight is 360 g/mol. The maximum Gasteiger partial charge on any atom is 0.282 e. The van der Waals surface area contributed by atoms with E-state index in [0.29, 0.717) is 39.3 Å². The Bertz CT molecular complexity index is 658. The molecular formula is C15H25N3O3S2. The van der Waals surface area contributed by atoms with Gasteiger partial charge in [0.15, 0.2) is 0 Å². The lowest BCUT2D eigenvalue weighted by Gasteiger charge is -2.36. The Labute approximate surface area is 142 Å². The lowest BCUT2D eigenvalue weighted by Crippen LogP contribution is -2.54. The molecule has 6 nitrogen and oxygen atoms in total. The molecule has 1 saturated heterocycles. The van der Waals surface area contributed by atoms with Crippen LogP contribution in [0.4, 0.5) is 0 Å². The Morgan fingerprint density at radius 1 is 1.17 bits per heavy atom. The summed E-state index contributed by atoms with van der Waals surface area (Å²) in [5.74, 6) is 0.00624. The number of hydrogen-bond acceptors (Lipinski definition) is 4. The van der Waals surface area contributed by atoms with Crippen molar-refractivity contribution < 1.29 is 13.2 Å². The van der Waals surface area contributed by atoms with Gasteiger partial charge in [0.05, 0.1) is 5.56 Å². The molecule has 1 aromatic rings. The summed E-state index contributed by atoms with van der Waals surface area (Å²) in [6.07, 6.45) is 0. The van der Waals surface area contributed by atoms with Crippen molar-refractivity contribution in [2.75, 3.05) is 39.3 Å². The SMILES string of the molecule is CCN(CC)S(=O)(=O)N1CCN(C(=O)c2cc(C)sc2C)CC1. The molecule has 2 rings (SSSR count). The van der Waals surface area contributed by atoms with Gasteiger partial charge in [-0.1, -0.05) is 13.8 Å². The highest BCUT2D eigenvalue weighted by Crippen LogP contribution is 2.23. The van der Waals surface area contributed by atoms with Crippen LogP contribution >= 0.6 is 11.3 Å². The van der Waals surface area contributed by atoms with E-state index < -0.39 is 10.2 Å². The molecule has 0 atom stereocenters. The molecule has 0 spiro atoms. The van der Waals surface area contributed by atoms with Gasteiger partial charge in [-0.3, -0.25) is 4.79 Å². The summed E-state index contributed by atoms with van der Waals surface area (Å²) in [7, 11) is -3.41. The predicted molar refractivity (Wildman–Crippen MR) is 93.1 cm³/mol. The zero-order valence-corrected chi connectivity index (χ0v) is 15.8. The molecule has 1 aliphatic heterocycles. The quantitative estimate of drug-likeness (QED) is 0.804. The fourth-order valence-electron chi connectivity index (χ4n) is 2.85. The highest BCUT2D eigenvalue weighted by atomic mass is 32.2. The van der Waals surface area contributed by atoms with E-state index in [9.17, 15) is 13.2 Å². The Balaban J connectivity index is 2.04. The number of thiophene rings is 1. The smallest absolute Gasteiger partial charge is 0.282 e. The molecule has 0 unspecified atom stereocenters. The summed E-state index contributed by atoms with van der Waals surface area (Å²) in [4.78, 5) is 16.5. The zero-order chi connectivity index (χ0) is 17.2. The van der Waals surface area contributed by atoms with E-state index in [0.717, 1.165) is 15.3 Å². The monoisotopic (exact) mass is 359 g/mol. The maximum atomic E-state index is 12.6. The number of carbonyl (C=O) groups excluding carboxylic acids is 1. The van der Waals surface area contributed by atoms with Crippen molar-refractivity contribution in [1.82, 2.24) is 13.5 Å². The second-order valence-corrected chi connectivity index (χ2v) is 9.00. The molecule has 1 aliphatic rings. The van der Waals surface area contributed by atoms with Crippen LogP contribution in [0.3, 0.4) is 0 Å². The molecule has 0 radical (unpaired) electrons. The molecule has 130 valence electrons. The molecule has 1 aromatic heterocycles. The number of amides is 1. The second-order valence-electron chi connectivity index (χ2n) is 5.61. The van der Waals surface area contributed by atoms with Gasteiger partial charge in [0.2, 0.25) is 0 Å². The van der Waals surface area contributed by atoms with Crippen LogP contribution in [-0.4, -0.2) is 67.1 Å². The Kier molecular flexibility index (Phi) is 5.83. The Hall–Kier alpha value is -0.960. The first kappa shape index (κ1) is 18.4. The lowest BCUT2D eigenvalue weighted by molar-refractivity contribution is 0.0694. The molecule has 8 heteroatoms. The standard InChI is InChI=1S/C15H25N3O3S2/c1-5-17(6-2)23(20,21)18-9-7-16(8-10-18)15(19)14-11-12(3)22-13(14)4/h11H,5-10H2,1-4H3. The zero-order valence-electron chi connectivity index (χ0n) is 14.2. The van der Waals surface area contributed by atoms with Crippen LogP contribution < -0.4 is 0 Å². The normalized spacial score (nSPS) is 17.0. The fourth-order valence-corrected chi connectivity index (χ4v) is 5.37. The molecule has 0 aliphatic carbocycles. The van der Waals surface area contributed by atoms with Crippen LogP contribution in [0.5, 0.6) is 0 Å². The minimum atomic E-state index is -3.41. The van der Waals surface area contributed by atoms with E-state index >= 15 is 0 Å². The molecule has 0 N–H and O–H groups in total. The second kappa shape index (κ2) is 7.29. The summed E-state index contributed by atoms with van der Waals surface area (Å²) in [6, 6.07) is 1.92. The molecule has 0 saturated carbocycles. The third-order valence-electron chi connectivity index (χ3n) is 4.16. The first-order chi connectivity index (χ1) is 10.8. The van der Waals surface area contributed by atoms with Gasteiger partial charge in [-0.15, -0.1) is 11.3 Å². The minimum absolute atomic E-state index is 0.00624. The van der Waals surface area contributed by atoms with Crippen molar-refractivity contribution in [2.24, 2.45) is 0 Å². The van der Waals surface area contributed by atoms with E-state index in [1.54, 1.807) is 16.2 Å². The highest BCUT2D eigenvalue weighted by Gasteiger charge is 2.32. The summed E-state index contributed by atoms with van der Waals surface area (Å²) in [5.41, 5.74) is 0.743.